The van der Waals surface area contributed by atoms with Crippen LogP contribution in [-0.4, -0.2) is 12.5 Å². The normalized spacial score (nSPS) is 12.6. The molecular weight excluding hydrogens is 310 g/mol. The van der Waals surface area contributed by atoms with Crippen LogP contribution in [0.1, 0.15) is 56.0 Å². The van der Waals surface area contributed by atoms with Crippen molar-refractivity contribution in [1.29, 1.82) is 0 Å². The van der Waals surface area contributed by atoms with Crippen LogP contribution in [0.3, 0.4) is 0 Å². The number of aryl methyl sites for hydroxylation is 2. The molecule has 3 heteroatoms. The molecule has 1 atom stereocenters. The summed E-state index contributed by atoms with van der Waals surface area (Å²) in [6, 6.07) is 14.3. The van der Waals surface area contributed by atoms with Gasteiger partial charge in [0, 0.05) is 0 Å². The van der Waals surface area contributed by atoms with E-state index in [-0.39, 0.29) is 24.0 Å². The van der Waals surface area contributed by atoms with Crippen LogP contribution in [-0.2, 0) is 10.2 Å². The Morgan fingerprint density at radius 3 is 2.28 bits per heavy atom. The molecule has 1 N–H and O–H groups in total. The second-order valence-electron chi connectivity index (χ2n) is 7.72. The molecule has 2 aromatic carbocycles. The van der Waals surface area contributed by atoms with Crippen LogP contribution in [0.2, 0.25) is 0 Å². The van der Waals surface area contributed by atoms with Crippen molar-refractivity contribution in [2.75, 3.05) is 6.61 Å². The summed E-state index contributed by atoms with van der Waals surface area (Å²) in [4.78, 5) is 12.2. The first-order valence-electron chi connectivity index (χ1n) is 8.76. The number of carbonyl (C=O) groups excluding carboxylic acids is 1. The van der Waals surface area contributed by atoms with Gasteiger partial charge in [0.15, 0.2) is 6.61 Å². The van der Waals surface area contributed by atoms with Crippen molar-refractivity contribution in [3.05, 3.63) is 64.7 Å². The number of carbonyl (C=O) groups is 1. The van der Waals surface area contributed by atoms with E-state index in [1.54, 1.807) is 0 Å². The fraction of sp³-hybridized carbons (Fsp3) is 0.409. The zero-order valence-corrected chi connectivity index (χ0v) is 16.1. The van der Waals surface area contributed by atoms with Gasteiger partial charge < -0.3 is 10.1 Å². The fourth-order valence-corrected chi connectivity index (χ4v) is 2.74. The summed E-state index contributed by atoms with van der Waals surface area (Å²) in [5.41, 5.74) is 4.73. The highest BCUT2D eigenvalue weighted by Gasteiger charge is 2.15. The molecule has 0 heterocycles. The summed E-state index contributed by atoms with van der Waals surface area (Å²) in [7, 11) is 0. The molecule has 0 aromatic heterocycles. The van der Waals surface area contributed by atoms with Crippen LogP contribution >= 0.6 is 0 Å². The van der Waals surface area contributed by atoms with Crippen molar-refractivity contribution >= 4 is 5.91 Å². The van der Waals surface area contributed by atoms with Crippen molar-refractivity contribution in [1.82, 2.24) is 5.32 Å². The third kappa shape index (κ3) is 5.35. The number of nitrogens with one attached hydrogen (secondary N) is 1. The number of hydrogen-bond acceptors (Lipinski definition) is 2. The lowest BCUT2D eigenvalue weighted by Gasteiger charge is -2.21. The van der Waals surface area contributed by atoms with Gasteiger partial charge in [-0.1, -0.05) is 62.7 Å². The lowest BCUT2D eigenvalue weighted by molar-refractivity contribution is -0.123. The topological polar surface area (TPSA) is 38.3 Å². The highest BCUT2D eigenvalue weighted by Crippen LogP contribution is 2.24. The number of amides is 1. The van der Waals surface area contributed by atoms with Gasteiger partial charge in [0.2, 0.25) is 0 Å². The zero-order valence-electron chi connectivity index (χ0n) is 16.1. The molecule has 0 fully saturated rings. The SMILES string of the molecule is Cc1ccc(OCC(=O)N[C@H](C)c2ccc(C(C)(C)C)cc2)c(C)c1. The molecule has 2 rings (SSSR count). The molecular formula is C22H29NO2. The van der Waals surface area contributed by atoms with E-state index in [0.717, 1.165) is 16.9 Å². The highest BCUT2D eigenvalue weighted by atomic mass is 16.5. The number of hydrogen-bond donors (Lipinski definition) is 1. The fourth-order valence-electron chi connectivity index (χ4n) is 2.74. The third-order valence-electron chi connectivity index (χ3n) is 4.34. The molecule has 2 aromatic rings. The maximum absolute atomic E-state index is 12.2. The van der Waals surface area contributed by atoms with Crippen LogP contribution in [0, 0.1) is 13.8 Å². The average Bonchev–Trinajstić information content (AvgIpc) is 2.53. The Kier molecular flexibility index (Phi) is 5.89. The Bertz CT molecular complexity index is 727. The molecule has 25 heavy (non-hydrogen) atoms. The average molecular weight is 339 g/mol. The summed E-state index contributed by atoms with van der Waals surface area (Å²) < 4.78 is 5.64. The molecule has 1 amide bonds. The van der Waals surface area contributed by atoms with E-state index < -0.39 is 0 Å². The maximum Gasteiger partial charge on any atom is 0.258 e. The minimum atomic E-state index is -0.118. The molecule has 0 aliphatic rings. The number of rotatable bonds is 5. The molecule has 0 saturated heterocycles. The Labute approximate surface area is 151 Å². The molecule has 3 nitrogen and oxygen atoms in total. The summed E-state index contributed by atoms with van der Waals surface area (Å²) in [5, 5.41) is 2.99. The number of ether oxygens (including phenoxy) is 1. The van der Waals surface area contributed by atoms with E-state index in [0.29, 0.717) is 0 Å². The number of benzene rings is 2. The van der Waals surface area contributed by atoms with E-state index in [9.17, 15) is 4.79 Å². The smallest absolute Gasteiger partial charge is 0.258 e. The third-order valence-corrected chi connectivity index (χ3v) is 4.34. The van der Waals surface area contributed by atoms with E-state index >= 15 is 0 Å². The molecule has 0 saturated carbocycles. The first-order valence-corrected chi connectivity index (χ1v) is 8.76. The Balaban J connectivity index is 1.91. The van der Waals surface area contributed by atoms with Gasteiger partial charge in [-0.05, 0) is 48.9 Å². The minimum Gasteiger partial charge on any atom is -0.484 e. The standard InChI is InChI=1S/C22H29NO2/c1-15-7-12-20(16(2)13-15)25-14-21(24)23-17(3)18-8-10-19(11-9-18)22(4,5)6/h7-13,17H,14H2,1-6H3,(H,23,24)/t17-/m1/s1. The molecule has 0 bridgehead atoms. The Morgan fingerprint density at radius 2 is 1.72 bits per heavy atom. The molecule has 0 unspecified atom stereocenters. The van der Waals surface area contributed by atoms with E-state index in [4.69, 9.17) is 4.74 Å². The molecule has 134 valence electrons. The van der Waals surface area contributed by atoms with Crippen molar-refractivity contribution in [2.24, 2.45) is 0 Å². The summed E-state index contributed by atoms with van der Waals surface area (Å²) in [5.74, 6) is 0.635. The van der Waals surface area contributed by atoms with Crippen molar-refractivity contribution in [3.8, 4) is 5.75 Å². The van der Waals surface area contributed by atoms with Gasteiger partial charge in [0.25, 0.3) is 5.91 Å². The first kappa shape index (κ1) is 19.0. The molecule has 0 aliphatic carbocycles. The van der Waals surface area contributed by atoms with Gasteiger partial charge in [0.1, 0.15) is 5.75 Å². The molecule has 0 aliphatic heterocycles. The van der Waals surface area contributed by atoms with Crippen LogP contribution in [0.15, 0.2) is 42.5 Å². The minimum absolute atomic E-state index is 0.0221. The zero-order chi connectivity index (χ0) is 18.6. The van der Waals surface area contributed by atoms with Crippen LogP contribution in [0.5, 0.6) is 5.75 Å². The monoisotopic (exact) mass is 339 g/mol. The van der Waals surface area contributed by atoms with Crippen molar-refractivity contribution < 1.29 is 9.53 Å². The lowest BCUT2D eigenvalue weighted by Crippen LogP contribution is -2.31. The predicted octanol–water partition coefficient (Wildman–Crippen LogP) is 4.86. The summed E-state index contributed by atoms with van der Waals surface area (Å²) in [6.45, 7) is 12.6. The molecule has 0 spiro atoms. The Hall–Kier alpha value is -2.29. The van der Waals surface area contributed by atoms with Gasteiger partial charge >= 0.3 is 0 Å². The second kappa shape index (κ2) is 7.73. The molecule has 0 radical (unpaired) electrons. The quantitative estimate of drug-likeness (QED) is 0.845. The van der Waals surface area contributed by atoms with E-state index in [1.807, 2.05) is 39.0 Å². The highest BCUT2D eigenvalue weighted by molar-refractivity contribution is 5.78. The lowest BCUT2D eigenvalue weighted by atomic mass is 9.86. The van der Waals surface area contributed by atoms with Gasteiger partial charge in [0.05, 0.1) is 6.04 Å². The second-order valence-corrected chi connectivity index (χ2v) is 7.72. The van der Waals surface area contributed by atoms with Gasteiger partial charge in [-0.3, -0.25) is 4.79 Å². The van der Waals surface area contributed by atoms with Crippen LogP contribution in [0.4, 0.5) is 0 Å². The van der Waals surface area contributed by atoms with Crippen molar-refractivity contribution in [3.63, 3.8) is 0 Å². The maximum atomic E-state index is 12.2. The Morgan fingerprint density at radius 1 is 1.08 bits per heavy atom. The first-order chi connectivity index (χ1) is 11.7. The van der Waals surface area contributed by atoms with Crippen molar-refractivity contribution in [2.45, 2.75) is 53.0 Å². The van der Waals surface area contributed by atoms with E-state index in [2.05, 4.69) is 50.4 Å². The largest absolute Gasteiger partial charge is 0.484 e. The summed E-state index contributed by atoms with van der Waals surface area (Å²) >= 11 is 0. The van der Waals surface area contributed by atoms with E-state index in [1.165, 1.54) is 11.1 Å². The predicted molar refractivity (Wildman–Crippen MR) is 103 cm³/mol. The van der Waals surface area contributed by atoms with Gasteiger partial charge in [-0.2, -0.15) is 0 Å². The van der Waals surface area contributed by atoms with Gasteiger partial charge in [-0.15, -0.1) is 0 Å². The van der Waals surface area contributed by atoms with Gasteiger partial charge in [-0.25, -0.2) is 0 Å². The van der Waals surface area contributed by atoms with Crippen LogP contribution in [0.25, 0.3) is 0 Å². The summed E-state index contributed by atoms with van der Waals surface area (Å²) in [6.07, 6.45) is 0. The van der Waals surface area contributed by atoms with Crippen LogP contribution < -0.4 is 10.1 Å².